The van der Waals surface area contributed by atoms with Crippen molar-refractivity contribution < 1.29 is 18.8 Å². The second kappa shape index (κ2) is 18.0. The minimum absolute atomic E-state index is 0.0239. The van der Waals surface area contributed by atoms with Crippen molar-refractivity contribution >= 4 is 59.0 Å². The number of carbonyl (C=O) groups is 3. The zero-order chi connectivity index (χ0) is 37.9. The van der Waals surface area contributed by atoms with Gasteiger partial charge in [-0.05, 0) is 84.8 Å². The Morgan fingerprint density at radius 3 is 2.19 bits per heavy atom. The lowest BCUT2D eigenvalue weighted by molar-refractivity contribution is -0.105. The number of carbonyl (C=O) groups excluding carboxylic acids is 3. The number of halogens is 3. The van der Waals surface area contributed by atoms with Crippen LogP contribution < -0.4 is 21.3 Å². The number of anilines is 3. The number of benzene rings is 2. The highest BCUT2D eigenvalue weighted by Crippen LogP contribution is 2.41. The van der Waals surface area contributed by atoms with E-state index in [2.05, 4.69) is 48.4 Å². The van der Waals surface area contributed by atoms with Gasteiger partial charge in [0.1, 0.15) is 23.0 Å². The third-order valence-corrected chi connectivity index (χ3v) is 9.85. The third kappa shape index (κ3) is 10.1. The van der Waals surface area contributed by atoms with Crippen LogP contribution >= 0.6 is 23.2 Å². The molecule has 5 amide bonds. The van der Waals surface area contributed by atoms with Crippen molar-refractivity contribution in [1.82, 2.24) is 25.2 Å². The van der Waals surface area contributed by atoms with E-state index in [9.17, 15) is 18.8 Å². The topological polar surface area (TPSA) is 141 Å². The number of amides is 5. The molecule has 2 aromatic carbocycles. The van der Waals surface area contributed by atoms with Gasteiger partial charge >= 0.3 is 12.1 Å². The summed E-state index contributed by atoms with van der Waals surface area (Å²) in [4.78, 5) is 50.9. The Labute approximate surface area is 322 Å². The number of hydrogen-bond acceptors (Lipinski definition) is 6. The quantitative estimate of drug-likeness (QED) is 0.0990. The first-order chi connectivity index (χ1) is 26.2. The summed E-state index contributed by atoms with van der Waals surface area (Å²) in [6, 6.07) is 26.2. The molecule has 0 bridgehead atoms. The summed E-state index contributed by atoms with van der Waals surface area (Å²) in [5.41, 5.74) is 1.46. The van der Waals surface area contributed by atoms with Gasteiger partial charge in [-0.15, -0.1) is 0 Å². The summed E-state index contributed by atoms with van der Waals surface area (Å²) in [5, 5.41) is 12.0. The maximum Gasteiger partial charge on any atom is 0.323 e. The van der Waals surface area contributed by atoms with Gasteiger partial charge in [0, 0.05) is 37.6 Å². The summed E-state index contributed by atoms with van der Waals surface area (Å²) < 4.78 is 14.3. The average Bonchev–Trinajstić information content (AvgIpc) is 3.89. The van der Waals surface area contributed by atoms with Crippen LogP contribution in [0.4, 0.5) is 31.3 Å². The fraction of sp³-hybridized carbons (Fsp3) is 0.250. The van der Waals surface area contributed by atoms with Crippen molar-refractivity contribution in [2.24, 2.45) is 5.92 Å². The lowest BCUT2D eigenvalue weighted by atomic mass is 9.81. The van der Waals surface area contributed by atoms with Gasteiger partial charge in [0.15, 0.2) is 0 Å². The fourth-order valence-electron chi connectivity index (χ4n) is 6.40. The Morgan fingerprint density at radius 2 is 1.56 bits per heavy atom. The van der Waals surface area contributed by atoms with Crippen LogP contribution in [-0.4, -0.2) is 51.4 Å². The van der Waals surface area contributed by atoms with E-state index in [0.717, 1.165) is 38.8 Å². The van der Waals surface area contributed by atoms with Gasteiger partial charge in [-0.2, -0.15) is 0 Å². The van der Waals surface area contributed by atoms with E-state index in [1.165, 1.54) is 30.1 Å². The molecular formula is C40H39Cl2FN8O3. The van der Waals surface area contributed by atoms with Crippen LogP contribution in [0.5, 0.6) is 0 Å². The standard InChI is InChI=1S/C24H23ClFN5O2.C16H16ClN3O/c25-18-7-9-22(28-14-18)30-23(33)31-24(11-10-16-4-5-16,21-3-1-2-12-27-21)17-6-8-19(26)20(13-17)29-15-32;17-14-6-7-15(18-10-14)19-16(21)20-9-8-13(11-20)12-4-2-1-3-5-12/h1-3,6-9,12-16H,4-5,10-11H2,(H,29,32)(H2,28,30,31,33);1-7,10,13H,8-9,11H2,(H,18,19,21)/t;13-/m.0/s1. The lowest BCUT2D eigenvalue weighted by Gasteiger charge is -2.35. The molecule has 1 aliphatic heterocycles. The number of pyridine rings is 3. The molecule has 3 aromatic heterocycles. The maximum atomic E-state index is 14.3. The van der Waals surface area contributed by atoms with Crippen LogP contribution in [0, 0.1) is 11.7 Å². The molecule has 278 valence electrons. The van der Waals surface area contributed by atoms with Gasteiger partial charge in [0.2, 0.25) is 6.41 Å². The number of urea groups is 2. The minimum Gasteiger partial charge on any atom is -0.326 e. The normalized spacial score (nSPS) is 15.9. The van der Waals surface area contributed by atoms with E-state index in [1.807, 2.05) is 35.2 Å². The molecular weight excluding hydrogens is 730 g/mol. The Bertz CT molecular complexity index is 2020. The van der Waals surface area contributed by atoms with Crippen LogP contribution in [0.3, 0.4) is 0 Å². The van der Waals surface area contributed by atoms with Crippen LogP contribution in [0.1, 0.15) is 54.8 Å². The molecule has 54 heavy (non-hydrogen) atoms. The molecule has 5 aromatic rings. The molecule has 7 rings (SSSR count). The average molecular weight is 770 g/mol. The predicted molar refractivity (Wildman–Crippen MR) is 208 cm³/mol. The van der Waals surface area contributed by atoms with E-state index < -0.39 is 17.4 Å². The van der Waals surface area contributed by atoms with Gasteiger partial charge in [-0.1, -0.05) is 78.5 Å². The van der Waals surface area contributed by atoms with Gasteiger partial charge in [0.05, 0.1) is 21.4 Å². The largest absolute Gasteiger partial charge is 0.326 e. The minimum atomic E-state index is -1.06. The molecule has 1 saturated heterocycles. The number of aromatic nitrogens is 3. The van der Waals surface area contributed by atoms with Crippen molar-refractivity contribution in [3.05, 3.63) is 142 Å². The molecule has 11 nitrogen and oxygen atoms in total. The van der Waals surface area contributed by atoms with Crippen LogP contribution in [0.2, 0.25) is 10.0 Å². The number of likely N-dealkylation sites (tertiary alicyclic amines) is 1. The van der Waals surface area contributed by atoms with Crippen LogP contribution in [-0.2, 0) is 10.3 Å². The van der Waals surface area contributed by atoms with Crippen molar-refractivity contribution in [1.29, 1.82) is 0 Å². The van der Waals surface area contributed by atoms with E-state index in [4.69, 9.17) is 23.2 Å². The molecule has 2 atom stereocenters. The first kappa shape index (κ1) is 38.1. The first-order valence-corrected chi connectivity index (χ1v) is 18.3. The molecule has 1 aliphatic carbocycles. The molecule has 2 fully saturated rings. The second-order valence-corrected chi connectivity index (χ2v) is 14.0. The number of rotatable bonds is 11. The maximum absolute atomic E-state index is 14.3. The van der Waals surface area contributed by atoms with Crippen molar-refractivity contribution in [3.63, 3.8) is 0 Å². The van der Waals surface area contributed by atoms with Crippen molar-refractivity contribution in [3.8, 4) is 0 Å². The monoisotopic (exact) mass is 768 g/mol. The lowest BCUT2D eigenvalue weighted by Crippen LogP contribution is -2.49. The van der Waals surface area contributed by atoms with Gasteiger partial charge in [0.25, 0.3) is 0 Å². The number of nitrogens with zero attached hydrogens (tertiary/aromatic N) is 4. The molecule has 0 radical (unpaired) electrons. The van der Waals surface area contributed by atoms with Gasteiger partial charge in [-0.25, -0.2) is 23.9 Å². The summed E-state index contributed by atoms with van der Waals surface area (Å²) in [7, 11) is 0. The SMILES string of the molecule is O=C(Nc1ccc(Cl)cn1)N1CC[C@H](c2ccccc2)C1.O=CNc1cc(C(CCC2CC2)(NC(=O)Nc2ccc(Cl)cn2)c2ccccn2)ccc1F. The van der Waals surface area contributed by atoms with E-state index in [0.29, 0.717) is 57.6 Å². The first-order valence-electron chi connectivity index (χ1n) is 17.6. The highest BCUT2D eigenvalue weighted by molar-refractivity contribution is 6.30. The van der Waals surface area contributed by atoms with E-state index in [-0.39, 0.29) is 11.7 Å². The molecule has 1 saturated carbocycles. The highest BCUT2D eigenvalue weighted by atomic mass is 35.5. The van der Waals surface area contributed by atoms with Crippen LogP contribution in [0.15, 0.2) is 110 Å². The number of nitrogens with one attached hydrogen (secondary N) is 4. The Balaban J connectivity index is 0.000000203. The van der Waals surface area contributed by atoms with E-state index >= 15 is 0 Å². The smallest absolute Gasteiger partial charge is 0.323 e. The molecule has 4 heterocycles. The molecule has 14 heteroatoms. The van der Waals surface area contributed by atoms with Gasteiger partial charge in [-0.3, -0.25) is 20.4 Å². The van der Waals surface area contributed by atoms with Crippen molar-refractivity contribution in [2.45, 2.75) is 43.6 Å². The number of hydrogen-bond donors (Lipinski definition) is 4. The zero-order valence-corrected chi connectivity index (χ0v) is 30.7. The summed E-state index contributed by atoms with van der Waals surface area (Å²) in [6.45, 7) is 1.50. The van der Waals surface area contributed by atoms with Crippen LogP contribution in [0.25, 0.3) is 0 Å². The predicted octanol–water partition coefficient (Wildman–Crippen LogP) is 8.85. The summed E-state index contributed by atoms with van der Waals surface area (Å²) in [5.74, 6) is 1.26. The summed E-state index contributed by atoms with van der Waals surface area (Å²) >= 11 is 11.7. The van der Waals surface area contributed by atoms with Gasteiger partial charge < -0.3 is 15.5 Å². The summed E-state index contributed by atoms with van der Waals surface area (Å²) in [6.07, 6.45) is 9.69. The molecule has 4 N–H and O–H groups in total. The van der Waals surface area contributed by atoms with Crippen molar-refractivity contribution in [2.75, 3.05) is 29.0 Å². The Kier molecular flexibility index (Phi) is 12.7. The fourth-order valence-corrected chi connectivity index (χ4v) is 6.62. The zero-order valence-electron chi connectivity index (χ0n) is 29.2. The second-order valence-electron chi connectivity index (χ2n) is 13.1. The molecule has 0 spiro atoms. The highest BCUT2D eigenvalue weighted by Gasteiger charge is 2.39. The molecule has 2 aliphatic rings. The Hall–Kier alpha value is -5.59. The van der Waals surface area contributed by atoms with E-state index in [1.54, 1.807) is 42.6 Å². The Morgan fingerprint density at radius 1 is 0.852 bits per heavy atom. The molecule has 1 unspecified atom stereocenters. The third-order valence-electron chi connectivity index (χ3n) is 9.40.